The minimum absolute atomic E-state index is 0.197. The smallest absolute Gasteiger partial charge is 0.191 e. The van der Waals surface area contributed by atoms with Gasteiger partial charge in [0.25, 0.3) is 0 Å². The quantitative estimate of drug-likeness (QED) is 0.685. The fourth-order valence-electron chi connectivity index (χ4n) is 4.08. The van der Waals surface area contributed by atoms with E-state index in [4.69, 9.17) is 0 Å². The molecule has 132 valence electrons. The van der Waals surface area contributed by atoms with Gasteiger partial charge in [-0.05, 0) is 49.3 Å². The van der Waals surface area contributed by atoms with E-state index in [1.54, 1.807) is 0 Å². The first-order valence-electron chi connectivity index (χ1n) is 9.67. The molecule has 1 fully saturated rings. The van der Waals surface area contributed by atoms with Crippen LogP contribution in [0.5, 0.6) is 0 Å². The van der Waals surface area contributed by atoms with Crippen LogP contribution in [0.4, 0.5) is 0 Å². The number of ketones is 1. The number of Topliss-reactive ketones (excluding diaryl/α,β-unsaturated/α-hetero) is 1. The molecule has 2 aromatic rings. The Morgan fingerprint density at radius 1 is 0.808 bits per heavy atom. The van der Waals surface area contributed by atoms with E-state index in [0.29, 0.717) is 0 Å². The highest BCUT2D eigenvalue weighted by Crippen LogP contribution is 2.38. The second-order valence-corrected chi connectivity index (χ2v) is 7.15. The number of piperidine rings is 1. The number of rotatable bonds is 4. The molecule has 26 heavy (non-hydrogen) atoms. The van der Waals surface area contributed by atoms with Crippen molar-refractivity contribution in [2.45, 2.75) is 32.1 Å². The molecule has 1 heterocycles. The average molecular weight is 343 g/mol. The van der Waals surface area contributed by atoms with Gasteiger partial charge in [0.05, 0.1) is 0 Å². The number of carbonyl (C=O) groups excluding carboxylic acids is 1. The molecule has 1 aliphatic heterocycles. The first-order chi connectivity index (χ1) is 12.8. The Bertz CT molecular complexity index is 827. The van der Waals surface area contributed by atoms with Gasteiger partial charge in [0.15, 0.2) is 5.78 Å². The molecule has 0 aromatic heterocycles. The molecule has 4 rings (SSSR count). The lowest BCUT2D eigenvalue weighted by atomic mass is 10.00. The van der Waals surface area contributed by atoms with Crippen molar-refractivity contribution in [2.75, 3.05) is 13.1 Å². The maximum atomic E-state index is 13.2. The summed E-state index contributed by atoms with van der Waals surface area (Å²) in [5.74, 6) is 0.197. The van der Waals surface area contributed by atoms with Crippen LogP contribution < -0.4 is 0 Å². The van der Waals surface area contributed by atoms with Gasteiger partial charge < -0.3 is 4.90 Å². The molecule has 2 aliphatic rings. The van der Waals surface area contributed by atoms with Gasteiger partial charge in [-0.2, -0.15) is 0 Å². The summed E-state index contributed by atoms with van der Waals surface area (Å²) in [6.07, 6.45) is 7.80. The fraction of sp³-hybridized carbons (Fsp3) is 0.292. The summed E-state index contributed by atoms with van der Waals surface area (Å²) in [6, 6.07) is 20.2. The standard InChI is InChI=1S/C24H25NO/c26-24(20-12-6-2-7-13-20)22-15-14-21(18-19-10-4-1-5-11-19)23(22)25-16-8-3-9-17-25/h1-2,4-7,10-13,18H,3,8-9,14-17H2/b21-18+. The number of benzene rings is 2. The lowest BCUT2D eigenvalue weighted by molar-refractivity contribution is 0.102. The highest BCUT2D eigenvalue weighted by atomic mass is 16.1. The predicted octanol–water partition coefficient (Wildman–Crippen LogP) is 5.49. The normalized spacial score (nSPS) is 19.2. The molecule has 0 atom stereocenters. The van der Waals surface area contributed by atoms with Gasteiger partial charge in [-0.1, -0.05) is 60.7 Å². The second kappa shape index (κ2) is 7.74. The van der Waals surface area contributed by atoms with Crippen LogP contribution >= 0.6 is 0 Å². The number of hydrogen-bond acceptors (Lipinski definition) is 2. The Hall–Kier alpha value is -2.61. The van der Waals surface area contributed by atoms with E-state index in [1.807, 2.05) is 36.4 Å². The number of hydrogen-bond donors (Lipinski definition) is 0. The van der Waals surface area contributed by atoms with Crippen LogP contribution in [0.25, 0.3) is 6.08 Å². The number of allylic oxidation sites excluding steroid dienone is 2. The summed E-state index contributed by atoms with van der Waals surface area (Å²) >= 11 is 0. The Morgan fingerprint density at radius 3 is 2.15 bits per heavy atom. The van der Waals surface area contributed by atoms with E-state index in [2.05, 4.69) is 35.2 Å². The Balaban J connectivity index is 1.75. The summed E-state index contributed by atoms with van der Waals surface area (Å²) in [4.78, 5) is 15.6. The van der Waals surface area contributed by atoms with Crippen LogP contribution in [0, 0.1) is 0 Å². The molecule has 0 bridgehead atoms. The zero-order valence-corrected chi connectivity index (χ0v) is 15.2. The number of nitrogens with zero attached hydrogens (tertiary/aromatic N) is 1. The molecule has 0 spiro atoms. The molecule has 2 nitrogen and oxygen atoms in total. The summed E-state index contributed by atoms with van der Waals surface area (Å²) < 4.78 is 0. The van der Waals surface area contributed by atoms with Gasteiger partial charge in [-0.15, -0.1) is 0 Å². The zero-order chi connectivity index (χ0) is 17.8. The van der Waals surface area contributed by atoms with Crippen molar-refractivity contribution in [2.24, 2.45) is 0 Å². The monoisotopic (exact) mass is 343 g/mol. The lowest BCUT2D eigenvalue weighted by Gasteiger charge is -2.31. The predicted molar refractivity (Wildman–Crippen MR) is 107 cm³/mol. The van der Waals surface area contributed by atoms with Crippen molar-refractivity contribution in [3.05, 3.63) is 88.6 Å². The van der Waals surface area contributed by atoms with E-state index in [9.17, 15) is 4.79 Å². The van der Waals surface area contributed by atoms with Crippen LogP contribution in [-0.2, 0) is 0 Å². The SMILES string of the molecule is O=C(C1=C(N2CCCCC2)/C(=C/c2ccccc2)CC1)c1ccccc1. The Labute approximate surface area is 155 Å². The Kier molecular flexibility index (Phi) is 5.01. The van der Waals surface area contributed by atoms with E-state index >= 15 is 0 Å². The van der Waals surface area contributed by atoms with Crippen molar-refractivity contribution in [3.8, 4) is 0 Å². The molecule has 0 N–H and O–H groups in total. The summed E-state index contributed by atoms with van der Waals surface area (Å²) in [6.45, 7) is 2.13. The van der Waals surface area contributed by atoms with E-state index in [1.165, 1.54) is 36.1 Å². The van der Waals surface area contributed by atoms with Crippen LogP contribution in [0.3, 0.4) is 0 Å². The van der Waals surface area contributed by atoms with Gasteiger partial charge >= 0.3 is 0 Å². The van der Waals surface area contributed by atoms with Crippen molar-refractivity contribution >= 4 is 11.9 Å². The van der Waals surface area contributed by atoms with Gasteiger partial charge in [-0.3, -0.25) is 4.79 Å². The average Bonchev–Trinajstić information content (AvgIpc) is 3.13. The summed E-state index contributed by atoms with van der Waals surface area (Å²) in [5, 5.41) is 0. The molecular formula is C24H25NO. The fourth-order valence-corrected chi connectivity index (χ4v) is 4.08. The van der Waals surface area contributed by atoms with Crippen LogP contribution in [0.15, 0.2) is 77.5 Å². The largest absolute Gasteiger partial charge is 0.371 e. The molecule has 1 saturated heterocycles. The van der Waals surface area contributed by atoms with Crippen LogP contribution in [-0.4, -0.2) is 23.8 Å². The Morgan fingerprint density at radius 2 is 1.46 bits per heavy atom. The molecular weight excluding hydrogens is 318 g/mol. The molecule has 0 saturated carbocycles. The molecule has 1 aliphatic carbocycles. The first kappa shape index (κ1) is 16.8. The third-order valence-electron chi connectivity index (χ3n) is 5.36. The highest BCUT2D eigenvalue weighted by Gasteiger charge is 2.29. The molecule has 2 aromatic carbocycles. The topological polar surface area (TPSA) is 20.3 Å². The maximum absolute atomic E-state index is 13.2. The maximum Gasteiger partial charge on any atom is 0.191 e. The van der Waals surface area contributed by atoms with Gasteiger partial charge in [0.1, 0.15) is 0 Å². The molecule has 0 amide bonds. The van der Waals surface area contributed by atoms with E-state index in [0.717, 1.165) is 37.1 Å². The van der Waals surface area contributed by atoms with Crippen molar-refractivity contribution < 1.29 is 4.79 Å². The van der Waals surface area contributed by atoms with E-state index < -0.39 is 0 Å². The van der Waals surface area contributed by atoms with Crippen molar-refractivity contribution in [1.82, 2.24) is 4.90 Å². The minimum atomic E-state index is 0.197. The van der Waals surface area contributed by atoms with Crippen LogP contribution in [0.1, 0.15) is 48.0 Å². The minimum Gasteiger partial charge on any atom is -0.371 e. The van der Waals surface area contributed by atoms with Crippen LogP contribution in [0.2, 0.25) is 0 Å². The van der Waals surface area contributed by atoms with Gasteiger partial charge in [0, 0.05) is 29.9 Å². The third-order valence-corrected chi connectivity index (χ3v) is 5.36. The second-order valence-electron chi connectivity index (χ2n) is 7.15. The summed E-state index contributed by atoms with van der Waals surface area (Å²) in [7, 11) is 0. The zero-order valence-electron chi connectivity index (χ0n) is 15.2. The first-order valence-corrected chi connectivity index (χ1v) is 9.67. The van der Waals surface area contributed by atoms with E-state index in [-0.39, 0.29) is 5.78 Å². The highest BCUT2D eigenvalue weighted by molar-refractivity contribution is 6.10. The van der Waals surface area contributed by atoms with Gasteiger partial charge in [-0.25, -0.2) is 0 Å². The van der Waals surface area contributed by atoms with Crippen molar-refractivity contribution in [1.29, 1.82) is 0 Å². The van der Waals surface area contributed by atoms with Crippen molar-refractivity contribution in [3.63, 3.8) is 0 Å². The number of carbonyl (C=O) groups is 1. The number of likely N-dealkylation sites (tertiary alicyclic amines) is 1. The molecule has 0 unspecified atom stereocenters. The molecule has 2 heteroatoms. The molecule has 0 radical (unpaired) electrons. The lowest BCUT2D eigenvalue weighted by Crippen LogP contribution is -2.30. The summed E-state index contributed by atoms with van der Waals surface area (Å²) in [5.41, 5.74) is 5.54. The third kappa shape index (κ3) is 3.50. The van der Waals surface area contributed by atoms with Gasteiger partial charge in [0.2, 0.25) is 0 Å².